The molecule has 124 valence electrons. The maximum absolute atomic E-state index is 12.6. The molecule has 1 amide bonds. The summed E-state index contributed by atoms with van der Waals surface area (Å²) in [5.41, 5.74) is 0.497. The topological polar surface area (TPSA) is 69.3 Å². The summed E-state index contributed by atoms with van der Waals surface area (Å²) in [6.07, 6.45) is 4.13. The molecule has 0 saturated carbocycles. The van der Waals surface area contributed by atoms with Gasteiger partial charge in [-0.05, 0) is 30.7 Å². The van der Waals surface area contributed by atoms with Crippen molar-refractivity contribution in [3.8, 4) is 5.75 Å². The highest BCUT2D eigenvalue weighted by atomic mass is 16.5. The Morgan fingerprint density at radius 3 is 2.92 bits per heavy atom. The third kappa shape index (κ3) is 3.65. The van der Waals surface area contributed by atoms with Crippen LogP contribution in [0.25, 0.3) is 0 Å². The number of carbonyl (C=O) groups is 1. The summed E-state index contributed by atoms with van der Waals surface area (Å²) in [5.74, 6) is 1.71. The van der Waals surface area contributed by atoms with E-state index in [0.29, 0.717) is 30.3 Å². The maximum atomic E-state index is 12.6. The Kier molecular flexibility index (Phi) is 4.96. The minimum Gasteiger partial charge on any atom is -0.493 e. The van der Waals surface area contributed by atoms with Gasteiger partial charge in [-0.2, -0.15) is 5.10 Å². The smallest absolute Gasteiger partial charge is 0.260 e. The van der Waals surface area contributed by atoms with Gasteiger partial charge in [-0.3, -0.25) is 4.79 Å². The molecule has 6 nitrogen and oxygen atoms in total. The number of nitrogens with zero attached hydrogens (tertiary/aromatic N) is 2. The quantitative estimate of drug-likeness (QED) is 0.721. The van der Waals surface area contributed by atoms with Crippen molar-refractivity contribution in [1.82, 2.24) is 9.78 Å². The first-order chi connectivity index (χ1) is 11.8. The number of hydrogen-bond donors (Lipinski definition) is 1. The van der Waals surface area contributed by atoms with E-state index in [0.717, 1.165) is 12.2 Å². The van der Waals surface area contributed by atoms with Crippen LogP contribution in [0.15, 0.2) is 59.3 Å². The molecule has 0 bridgehead atoms. The molecule has 24 heavy (non-hydrogen) atoms. The lowest BCUT2D eigenvalue weighted by Gasteiger charge is -2.12. The van der Waals surface area contributed by atoms with Crippen molar-refractivity contribution in [3.05, 3.63) is 66.2 Å². The van der Waals surface area contributed by atoms with Crippen LogP contribution in [0.1, 0.15) is 29.5 Å². The first kappa shape index (κ1) is 15.9. The molecule has 2 heterocycles. The van der Waals surface area contributed by atoms with Crippen LogP contribution < -0.4 is 10.1 Å². The lowest BCUT2D eigenvalue weighted by molar-refractivity contribution is 0.102. The van der Waals surface area contributed by atoms with Crippen molar-refractivity contribution in [2.24, 2.45) is 0 Å². The molecule has 0 atom stereocenters. The Balaban J connectivity index is 1.75. The number of benzene rings is 1. The predicted octanol–water partition coefficient (Wildman–Crippen LogP) is 3.57. The molecule has 0 saturated heterocycles. The Hall–Kier alpha value is -3.02. The summed E-state index contributed by atoms with van der Waals surface area (Å²) in [6, 6.07) is 12.6. The third-order valence-electron chi connectivity index (χ3n) is 3.44. The molecule has 6 heteroatoms. The van der Waals surface area contributed by atoms with Crippen LogP contribution in [-0.2, 0) is 6.54 Å². The van der Waals surface area contributed by atoms with E-state index in [2.05, 4.69) is 10.4 Å². The fourth-order valence-electron chi connectivity index (χ4n) is 2.29. The predicted molar refractivity (Wildman–Crippen MR) is 90.2 cm³/mol. The Morgan fingerprint density at radius 1 is 1.25 bits per heavy atom. The number of anilines is 1. The van der Waals surface area contributed by atoms with Gasteiger partial charge in [-0.1, -0.05) is 19.1 Å². The zero-order valence-corrected chi connectivity index (χ0v) is 13.4. The van der Waals surface area contributed by atoms with Crippen molar-refractivity contribution >= 4 is 11.7 Å². The standard InChI is InChI=1S/C18H19N3O3/c1-2-11-24-16-8-4-3-7-15(16)18(22)20-17-9-10-19-21(17)13-14-6-5-12-23-14/h3-10,12H,2,11,13H2,1H3,(H,20,22). The van der Waals surface area contributed by atoms with E-state index in [1.165, 1.54) is 0 Å². The Bertz CT molecular complexity index is 793. The summed E-state index contributed by atoms with van der Waals surface area (Å²) in [6.45, 7) is 3.04. The first-order valence-corrected chi connectivity index (χ1v) is 7.85. The van der Waals surface area contributed by atoms with Crippen LogP contribution >= 0.6 is 0 Å². The molecule has 3 aromatic rings. The minimum absolute atomic E-state index is 0.233. The number of nitrogens with one attached hydrogen (secondary N) is 1. The lowest BCUT2D eigenvalue weighted by atomic mass is 10.2. The lowest BCUT2D eigenvalue weighted by Crippen LogP contribution is -2.17. The Morgan fingerprint density at radius 2 is 2.12 bits per heavy atom. The van der Waals surface area contributed by atoms with Crippen LogP contribution in [0, 0.1) is 0 Å². The SMILES string of the molecule is CCCOc1ccccc1C(=O)Nc1ccnn1Cc1ccco1. The second kappa shape index (κ2) is 7.50. The number of hydrogen-bond acceptors (Lipinski definition) is 4. The fraction of sp³-hybridized carbons (Fsp3) is 0.222. The van der Waals surface area contributed by atoms with Gasteiger partial charge in [-0.15, -0.1) is 0 Å². The van der Waals surface area contributed by atoms with Crippen molar-refractivity contribution in [2.75, 3.05) is 11.9 Å². The summed E-state index contributed by atoms with van der Waals surface area (Å²) < 4.78 is 12.6. The number of ether oxygens (including phenoxy) is 1. The van der Waals surface area contributed by atoms with E-state index < -0.39 is 0 Å². The summed E-state index contributed by atoms with van der Waals surface area (Å²) in [4.78, 5) is 12.6. The molecular formula is C18H19N3O3. The molecule has 1 aromatic carbocycles. The summed E-state index contributed by atoms with van der Waals surface area (Å²) in [5, 5.41) is 7.10. The van der Waals surface area contributed by atoms with Crippen molar-refractivity contribution in [1.29, 1.82) is 0 Å². The highest BCUT2D eigenvalue weighted by Gasteiger charge is 2.14. The van der Waals surface area contributed by atoms with E-state index >= 15 is 0 Å². The normalized spacial score (nSPS) is 10.5. The number of amides is 1. The maximum Gasteiger partial charge on any atom is 0.260 e. The summed E-state index contributed by atoms with van der Waals surface area (Å²) in [7, 11) is 0. The average Bonchev–Trinajstić information content (AvgIpc) is 3.26. The number of aromatic nitrogens is 2. The second-order valence-corrected chi connectivity index (χ2v) is 5.25. The van der Waals surface area contributed by atoms with E-state index in [-0.39, 0.29) is 5.91 Å². The van der Waals surface area contributed by atoms with Gasteiger partial charge in [-0.25, -0.2) is 4.68 Å². The molecule has 0 fully saturated rings. The highest BCUT2D eigenvalue weighted by molar-refractivity contribution is 6.05. The minimum atomic E-state index is -0.233. The molecule has 0 radical (unpaired) electrons. The number of para-hydroxylation sites is 1. The molecular weight excluding hydrogens is 306 g/mol. The molecule has 0 aliphatic rings. The number of furan rings is 1. The van der Waals surface area contributed by atoms with Crippen molar-refractivity contribution in [3.63, 3.8) is 0 Å². The molecule has 1 N–H and O–H groups in total. The summed E-state index contributed by atoms with van der Waals surface area (Å²) >= 11 is 0. The number of rotatable bonds is 7. The molecule has 0 unspecified atom stereocenters. The van der Waals surface area contributed by atoms with Crippen molar-refractivity contribution in [2.45, 2.75) is 19.9 Å². The molecule has 0 aliphatic heterocycles. The van der Waals surface area contributed by atoms with Gasteiger partial charge in [0.2, 0.25) is 0 Å². The monoisotopic (exact) mass is 325 g/mol. The van der Waals surface area contributed by atoms with Gasteiger partial charge in [0.25, 0.3) is 5.91 Å². The molecule has 2 aromatic heterocycles. The van der Waals surface area contributed by atoms with Gasteiger partial charge in [0.1, 0.15) is 23.9 Å². The van der Waals surface area contributed by atoms with Gasteiger partial charge in [0.15, 0.2) is 0 Å². The van der Waals surface area contributed by atoms with Crippen LogP contribution in [-0.4, -0.2) is 22.3 Å². The zero-order chi connectivity index (χ0) is 16.8. The van der Waals surface area contributed by atoms with Crippen LogP contribution in [0.5, 0.6) is 5.75 Å². The van der Waals surface area contributed by atoms with Gasteiger partial charge in [0.05, 0.1) is 24.6 Å². The number of carbonyl (C=O) groups excluding carboxylic acids is 1. The second-order valence-electron chi connectivity index (χ2n) is 5.25. The van der Waals surface area contributed by atoms with Gasteiger partial charge in [0, 0.05) is 6.07 Å². The highest BCUT2D eigenvalue weighted by Crippen LogP contribution is 2.20. The van der Waals surface area contributed by atoms with E-state index in [4.69, 9.17) is 9.15 Å². The van der Waals surface area contributed by atoms with Gasteiger partial charge < -0.3 is 14.5 Å². The first-order valence-electron chi connectivity index (χ1n) is 7.85. The molecule has 0 aliphatic carbocycles. The average molecular weight is 325 g/mol. The van der Waals surface area contributed by atoms with E-state index in [1.807, 2.05) is 31.2 Å². The zero-order valence-electron chi connectivity index (χ0n) is 13.4. The van der Waals surface area contributed by atoms with Gasteiger partial charge >= 0.3 is 0 Å². The van der Waals surface area contributed by atoms with Crippen LogP contribution in [0.2, 0.25) is 0 Å². The van der Waals surface area contributed by atoms with Crippen molar-refractivity contribution < 1.29 is 13.9 Å². The van der Waals surface area contributed by atoms with E-state index in [1.54, 1.807) is 35.3 Å². The molecule has 3 rings (SSSR count). The van der Waals surface area contributed by atoms with Crippen LogP contribution in [0.3, 0.4) is 0 Å². The Labute approximate surface area is 140 Å². The van der Waals surface area contributed by atoms with Crippen LogP contribution in [0.4, 0.5) is 5.82 Å². The van der Waals surface area contributed by atoms with E-state index in [9.17, 15) is 4.79 Å². The molecule has 0 spiro atoms. The third-order valence-corrected chi connectivity index (χ3v) is 3.44. The largest absolute Gasteiger partial charge is 0.493 e. The fourth-order valence-corrected chi connectivity index (χ4v) is 2.29.